The molecule has 0 bridgehead atoms. The fraction of sp³-hybridized carbons (Fsp3) is 0.250. The Morgan fingerprint density at radius 1 is 1.45 bits per heavy atom. The fourth-order valence-electron chi connectivity index (χ4n) is 1.14. The van der Waals surface area contributed by atoms with E-state index in [4.69, 9.17) is 0 Å². The zero-order chi connectivity index (χ0) is 7.68. The summed E-state index contributed by atoms with van der Waals surface area (Å²) in [5.41, 5.74) is 2.39. The highest BCUT2D eigenvalue weighted by Crippen LogP contribution is 2.16. The number of hydrogen-bond donors (Lipinski definition) is 0. The summed E-state index contributed by atoms with van der Waals surface area (Å²) in [4.78, 5) is 8.40. The molecule has 0 fully saturated rings. The molecule has 0 aromatic carbocycles. The molecule has 0 atom stereocenters. The van der Waals surface area contributed by atoms with Crippen molar-refractivity contribution in [3.63, 3.8) is 0 Å². The van der Waals surface area contributed by atoms with Crippen molar-refractivity contribution in [3.8, 4) is 0 Å². The minimum Gasteiger partial charge on any atom is -0.291 e. The zero-order valence-electron chi connectivity index (χ0n) is 5.92. The van der Waals surface area contributed by atoms with Crippen LogP contribution in [0.1, 0.15) is 11.3 Å². The number of rotatable bonds is 0. The molecule has 11 heavy (non-hydrogen) atoms. The van der Waals surface area contributed by atoms with Crippen LogP contribution in [-0.4, -0.2) is 11.2 Å². The molecule has 1 aromatic rings. The number of pyridine rings is 1. The van der Waals surface area contributed by atoms with Crippen LogP contribution < -0.4 is 0 Å². The highest BCUT2D eigenvalue weighted by atomic mass is 79.9. The Kier molecular flexibility index (Phi) is 1.74. The van der Waals surface area contributed by atoms with Crippen LogP contribution in [0.3, 0.4) is 0 Å². The summed E-state index contributed by atoms with van der Waals surface area (Å²) in [6, 6.07) is 2.10. The molecule has 0 saturated carbocycles. The minimum absolute atomic E-state index is 0.739. The lowest BCUT2D eigenvalue weighted by atomic mass is 10.1. The van der Waals surface area contributed by atoms with Crippen LogP contribution in [0.5, 0.6) is 0 Å². The summed E-state index contributed by atoms with van der Waals surface area (Å²) in [6.45, 7) is 0.739. The first-order valence-corrected chi connectivity index (χ1v) is 4.27. The van der Waals surface area contributed by atoms with E-state index in [0.29, 0.717) is 0 Å². The Morgan fingerprint density at radius 2 is 2.36 bits per heavy atom. The second-order valence-electron chi connectivity index (χ2n) is 2.49. The molecule has 0 spiro atoms. The number of aromatic nitrogens is 1. The summed E-state index contributed by atoms with van der Waals surface area (Å²) in [6.07, 6.45) is 4.68. The molecule has 1 aliphatic heterocycles. The van der Waals surface area contributed by atoms with E-state index in [9.17, 15) is 0 Å². The first kappa shape index (κ1) is 6.98. The molecule has 0 unspecified atom stereocenters. The van der Waals surface area contributed by atoms with Gasteiger partial charge in [0.2, 0.25) is 0 Å². The molecule has 2 heterocycles. The molecular weight excluding hydrogens is 204 g/mol. The Labute approximate surface area is 73.5 Å². The molecule has 0 saturated heterocycles. The summed E-state index contributed by atoms with van der Waals surface area (Å²) < 4.78 is 1.05. The van der Waals surface area contributed by atoms with Crippen molar-refractivity contribution < 1.29 is 0 Å². The average Bonchev–Trinajstić information content (AvgIpc) is 2.04. The summed E-state index contributed by atoms with van der Waals surface area (Å²) in [5.74, 6) is 0. The lowest BCUT2D eigenvalue weighted by molar-refractivity contribution is 0.932. The van der Waals surface area contributed by atoms with Gasteiger partial charge in [-0.1, -0.05) is 0 Å². The lowest BCUT2D eigenvalue weighted by Gasteiger charge is -2.08. The van der Waals surface area contributed by atoms with Gasteiger partial charge in [0.05, 0.1) is 12.2 Å². The zero-order valence-corrected chi connectivity index (χ0v) is 7.50. The van der Waals surface area contributed by atoms with Crippen LogP contribution in [0.15, 0.2) is 21.7 Å². The quantitative estimate of drug-likeness (QED) is 0.643. The smallest absolute Gasteiger partial charge is 0.0810 e. The largest absolute Gasteiger partial charge is 0.291 e. The monoisotopic (exact) mass is 210 g/mol. The standard InChI is InChI=1S/C8H7BrN2/c9-7-3-6-1-2-10-5-8(6)11-4-7/h2-4H,1,5H2. The van der Waals surface area contributed by atoms with E-state index >= 15 is 0 Å². The van der Waals surface area contributed by atoms with Crippen LogP contribution in [0.4, 0.5) is 0 Å². The number of aliphatic imine (C=N–C) groups is 1. The van der Waals surface area contributed by atoms with Crippen molar-refractivity contribution in [2.45, 2.75) is 13.0 Å². The van der Waals surface area contributed by atoms with Crippen LogP contribution in [0, 0.1) is 0 Å². The van der Waals surface area contributed by atoms with E-state index < -0.39 is 0 Å². The third-order valence-corrected chi connectivity index (χ3v) is 2.14. The fourth-order valence-corrected chi connectivity index (χ4v) is 1.52. The van der Waals surface area contributed by atoms with Gasteiger partial charge < -0.3 is 0 Å². The van der Waals surface area contributed by atoms with Gasteiger partial charge in [-0.15, -0.1) is 0 Å². The van der Waals surface area contributed by atoms with Crippen molar-refractivity contribution in [2.24, 2.45) is 4.99 Å². The Bertz CT molecular complexity index is 307. The maximum Gasteiger partial charge on any atom is 0.0810 e. The van der Waals surface area contributed by atoms with Gasteiger partial charge in [0.25, 0.3) is 0 Å². The number of fused-ring (bicyclic) bond motifs is 1. The molecule has 56 valence electrons. The van der Waals surface area contributed by atoms with Crippen molar-refractivity contribution >= 4 is 22.1 Å². The van der Waals surface area contributed by atoms with E-state index in [2.05, 4.69) is 32.0 Å². The van der Waals surface area contributed by atoms with Gasteiger partial charge in [-0.3, -0.25) is 9.98 Å². The number of hydrogen-bond acceptors (Lipinski definition) is 2. The van der Waals surface area contributed by atoms with Gasteiger partial charge >= 0.3 is 0 Å². The van der Waals surface area contributed by atoms with Gasteiger partial charge in [-0.2, -0.15) is 0 Å². The van der Waals surface area contributed by atoms with Gasteiger partial charge in [0.1, 0.15) is 0 Å². The Hall–Kier alpha value is -0.700. The Balaban J connectivity index is 2.48. The van der Waals surface area contributed by atoms with Gasteiger partial charge in [0, 0.05) is 23.3 Å². The molecular formula is C8H7BrN2. The molecule has 0 aliphatic carbocycles. The van der Waals surface area contributed by atoms with Gasteiger partial charge in [-0.05, 0) is 27.6 Å². The maximum absolute atomic E-state index is 4.26. The SMILES string of the molecule is Brc1cnc2c(c1)CC=NC2. The molecule has 0 amide bonds. The van der Waals surface area contributed by atoms with Crippen LogP contribution in [-0.2, 0) is 13.0 Å². The predicted octanol–water partition coefficient (Wildman–Crippen LogP) is 1.97. The van der Waals surface area contributed by atoms with Crippen LogP contribution in [0.2, 0.25) is 0 Å². The molecule has 1 aromatic heterocycles. The van der Waals surface area contributed by atoms with Crippen molar-refractivity contribution in [1.82, 2.24) is 4.98 Å². The number of halogens is 1. The normalized spacial score (nSPS) is 14.6. The van der Waals surface area contributed by atoms with Gasteiger partial charge in [0.15, 0.2) is 0 Å². The maximum atomic E-state index is 4.26. The van der Waals surface area contributed by atoms with Crippen molar-refractivity contribution in [1.29, 1.82) is 0 Å². The van der Waals surface area contributed by atoms with Crippen molar-refractivity contribution in [3.05, 3.63) is 28.0 Å². The third-order valence-electron chi connectivity index (χ3n) is 1.71. The molecule has 2 rings (SSSR count). The first-order valence-electron chi connectivity index (χ1n) is 3.48. The van der Waals surface area contributed by atoms with Gasteiger partial charge in [-0.25, -0.2) is 0 Å². The predicted molar refractivity (Wildman–Crippen MR) is 47.8 cm³/mol. The second-order valence-corrected chi connectivity index (χ2v) is 3.40. The first-order chi connectivity index (χ1) is 5.36. The van der Waals surface area contributed by atoms with Crippen LogP contribution in [0.25, 0.3) is 0 Å². The molecule has 0 radical (unpaired) electrons. The van der Waals surface area contributed by atoms with E-state index in [0.717, 1.165) is 23.1 Å². The molecule has 2 nitrogen and oxygen atoms in total. The second kappa shape index (κ2) is 2.74. The van der Waals surface area contributed by atoms with E-state index in [-0.39, 0.29) is 0 Å². The molecule has 0 N–H and O–H groups in total. The molecule has 1 aliphatic rings. The minimum atomic E-state index is 0.739. The van der Waals surface area contributed by atoms with E-state index in [1.807, 2.05) is 12.4 Å². The summed E-state index contributed by atoms with van der Waals surface area (Å²) >= 11 is 3.38. The average molecular weight is 211 g/mol. The lowest BCUT2D eigenvalue weighted by Crippen LogP contribution is -2.02. The highest BCUT2D eigenvalue weighted by molar-refractivity contribution is 9.10. The Morgan fingerprint density at radius 3 is 3.27 bits per heavy atom. The third kappa shape index (κ3) is 1.33. The topological polar surface area (TPSA) is 25.2 Å². The van der Waals surface area contributed by atoms with Crippen LogP contribution >= 0.6 is 15.9 Å². The summed E-state index contributed by atoms with van der Waals surface area (Å²) in [5, 5.41) is 0. The molecule has 3 heteroatoms. The van der Waals surface area contributed by atoms with E-state index in [1.54, 1.807) is 0 Å². The van der Waals surface area contributed by atoms with E-state index in [1.165, 1.54) is 5.56 Å². The summed E-state index contributed by atoms with van der Waals surface area (Å²) in [7, 11) is 0. The highest BCUT2D eigenvalue weighted by Gasteiger charge is 2.05. The van der Waals surface area contributed by atoms with Crippen molar-refractivity contribution in [2.75, 3.05) is 0 Å². The number of nitrogens with zero attached hydrogens (tertiary/aromatic N) is 2.